The molecule has 0 unspecified atom stereocenters. The number of aliphatic hydroxyl groups excluding tert-OH is 2. The fourth-order valence-electron chi connectivity index (χ4n) is 5.78. The molecule has 3 N–H and O–H groups in total. The summed E-state index contributed by atoms with van der Waals surface area (Å²) in [5.74, 6) is -2.39. The Morgan fingerprint density at radius 3 is 2.25 bits per heavy atom. The summed E-state index contributed by atoms with van der Waals surface area (Å²) in [6, 6.07) is 16.9. The van der Waals surface area contributed by atoms with Crippen LogP contribution in [-0.2, 0) is 9.53 Å². The number of carbonyl (C=O) groups excluding carboxylic acids is 1. The summed E-state index contributed by atoms with van der Waals surface area (Å²) in [5.41, 5.74) is 2.38. The van der Waals surface area contributed by atoms with Gasteiger partial charge in [-0.2, -0.15) is 0 Å². The van der Waals surface area contributed by atoms with Gasteiger partial charge in [-0.1, -0.05) is 74.6 Å². The van der Waals surface area contributed by atoms with Crippen LogP contribution in [0.25, 0.3) is 11.1 Å². The van der Waals surface area contributed by atoms with Gasteiger partial charge in [-0.3, -0.25) is 4.79 Å². The van der Waals surface area contributed by atoms with E-state index in [1.54, 1.807) is 18.2 Å². The van der Waals surface area contributed by atoms with E-state index in [-0.39, 0.29) is 18.6 Å². The van der Waals surface area contributed by atoms with E-state index >= 15 is 0 Å². The van der Waals surface area contributed by atoms with Gasteiger partial charge in [-0.15, -0.1) is 0 Å². The lowest BCUT2D eigenvalue weighted by molar-refractivity contribution is -0.139. The van der Waals surface area contributed by atoms with Gasteiger partial charge >= 0.3 is 11.9 Å². The number of carboxylic acid groups (broad SMARTS) is 1. The van der Waals surface area contributed by atoms with Crippen molar-refractivity contribution in [2.24, 2.45) is 17.8 Å². The molecule has 2 aromatic carbocycles. The van der Waals surface area contributed by atoms with E-state index in [0.717, 1.165) is 17.5 Å². The Morgan fingerprint density at radius 2 is 1.58 bits per heavy atom. The van der Waals surface area contributed by atoms with Gasteiger partial charge < -0.3 is 20.1 Å². The molecule has 0 bridgehead atoms. The summed E-state index contributed by atoms with van der Waals surface area (Å²) in [4.78, 5) is 24.4. The Kier molecular flexibility index (Phi) is 8.81. The van der Waals surface area contributed by atoms with Crippen molar-refractivity contribution in [3.63, 3.8) is 0 Å². The number of rotatable bonds is 9. The molecule has 0 spiro atoms. The van der Waals surface area contributed by atoms with Crippen molar-refractivity contribution in [3.05, 3.63) is 72.0 Å². The fraction of sp³-hybridized carbons (Fsp3) is 0.467. The highest BCUT2D eigenvalue weighted by Gasteiger charge is 2.47. The molecule has 0 aromatic heterocycles. The molecule has 2 aliphatic rings. The van der Waals surface area contributed by atoms with Crippen LogP contribution in [0.1, 0.15) is 68.1 Å². The molecular formula is C30H36O6. The minimum atomic E-state index is -1.05. The molecule has 0 heterocycles. The monoisotopic (exact) mass is 492 g/mol. The first-order valence-corrected chi connectivity index (χ1v) is 13.1. The predicted octanol–water partition coefficient (Wildman–Crippen LogP) is 6.15. The number of esters is 1. The molecule has 36 heavy (non-hydrogen) atoms. The van der Waals surface area contributed by atoms with Crippen molar-refractivity contribution in [1.29, 1.82) is 0 Å². The molecule has 192 valence electrons. The Balaban J connectivity index is 1.45. The highest BCUT2D eigenvalue weighted by molar-refractivity contribution is 5.90. The zero-order chi connectivity index (χ0) is 25.5. The van der Waals surface area contributed by atoms with Gasteiger partial charge in [-0.05, 0) is 48.1 Å². The lowest BCUT2D eigenvalue weighted by atomic mass is 9.85. The van der Waals surface area contributed by atoms with Gasteiger partial charge in [0.2, 0.25) is 0 Å². The Labute approximate surface area is 212 Å². The predicted molar refractivity (Wildman–Crippen MR) is 137 cm³/mol. The smallest absolute Gasteiger partial charge is 0.338 e. The van der Waals surface area contributed by atoms with Gasteiger partial charge in [0.25, 0.3) is 0 Å². The van der Waals surface area contributed by atoms with E-state index in [1.165, 1.54) is 32.1 Å². The third kappa shape index (κ3) is 6.55. The van der Waals surface area contributed by atoms with Gasteiger partial charge in [0, 0.05) is 12.3 Å². The summed E-state index contributed by atoms with van der Waals surface area (Å²) < 4.78 is 5.76. The first-order valence-electron chi connectivity index (χ1n) is 13.1. The van der Waals surface area contributed by atoms with E-state index < -0.39 is 36.0 Å². The van der Waals surface area contributed by atoms with Crippen molar-refractivity contribution >= 4 is 11.9 Å². The van der Waals surface area contributed by atoms with Gasteiger partial charge in [0.1, 0.15) is 6.10 Å². The maximum atomic E-state index is 13.0. The number of hydrogen-bond acceptors (Lipinski definition) is 5. The fourth-order valence-corrected chi connectivity index (χ4v) is 5.78. The second-order valence-corrected chi connectivity index (χ2v) is 10.2. The lowest BCUT2D eigenvalue weighted by Crippen LogP contribution is -2.29. The summed E-state index contributed by atoms with van der Waals surface area (Å²) in [6.45, 7) is 0. The highest BCUT2D eigenvalue weighted by Crippen LogP contribution is 2.41. The van der Waals surface area contributed by atoms with Crippen molar-refractivity contribution in [1.82, 2.24) is 0 Å². The summed E-state index contributed by atoms with van der Waals surface area (Å²) in [6.07, 6.45) is 7.63. The normalized spacial score (nSPS) is 25.0. The van der Waals surface area contributed by atoms with Crippen LogP contribution in [-0.4, -0.2) is 39.5 Å². The number of benzene rings is 2. The molecular weight excluding hydrogens is 456 g/mol. The number of ether oxygens (including phenoxy) is 1. The molecule has 0 radical (unpaired) electrons. The summed E-state index contributed by atoms with van der Waals surface area (Å²) in [5, 5.41) is 31.0. The van der Waals surface area contributed by atoms with Gasteiger partial charge in [0.05, 0.1) is 29.8 Å². The molecule has 4 rings (SSSR count). The average Bonchev–Trinajstić information content (AvgIpc) is 3.18. The van der Waals surface area contributed by atoms with E-state index in [2.05, 4.69) is 0 Å². The number of allylic oxidation sites excluding steroid dienone is 1. The van der Waals surface area contributed by atoms with Crippen LogP contribution < -0.4 is 0 Å². The second kappa shape index (κ2) is 12.2. The van der Waals surface area contributed by atoms with Gasteiger partial charge in [0.15, 0.2) is 0 Å². The largest absolute Gasteiger partial charge is 0.512 e. The molecule has 6 heteroatoms. The van der Waals surface area contributed by atoms with Crippen LogP contribution in [0.3, 0.4) is 0 Å². The van der Waals surface area contributed by atoms with Crippen LogP contribution >= 0.6 is 0 Å². The Bertz CT molecular complexity index is 1040. The maximum Gasteiger partial charge on any atom is 0.338 e. The third-order valence-electron chi connectivity index (χ3n) is 7.72. The summed E-state index contributed by atoms with van der Waals surface area (Å²) in [7, 11) is 0. The van der Waals surface area contributed by atoms with E-state index in [1.807, 2.05) is 42.5 Å². The average molecular weight is 493 g/mol. The molecule has 2 saturated carbocycles. The first kappa shape index (κ1) is 26.0. The number of carbonyl (C=O) groups is 2. The van der Waals surface area contributed by atoms with Crippen molar-refractivity contribution < 1.29 is 29.6 Å². The molecule has 2 aliphatic carbocycles. The number of hydrogen-bond donors (Lipinski definition) is 3. The van der Waals surface area contributed by atoms with Crippen LogP contribution in [0.2, 0.25) is 0 Å². The molecule has 6 nitrogen and oxygen atoms in total. The molecule has 0 amide bonds. The van der Waals surface area contributed by atoms with Crippen molar-refractivity contribution in [2.45, 2.75) is 70.0 Å². The minimum absolute atomic E-state index is 0.0193. The molecule has 2 fully saturated rings. The SMILES string of the molecule is O=C(O)C[C@@H]1[C@@H](C(O)=CCCC2CCCCC2)[C@@H](OC(=O)c2ccc(-c3ccccc3)cc2)C[C@@H]1O. The first-order chi connectivity index (χ1) is 17.4. The van der Waals surface area contributed by atoms with E-state index in [4.69, 9.17) is 4.74 Å². The zero-order valence-electron chi connectivity index (χ0n) is 20.6. The molecule has 0 saturated heterocycles. The number of aliphatic hydroxyl groups is 2. The highest BCUT2D eigenvalue weighted by atomic mass is 16.5. The Morgan fingerprint density at radius 1 is 0.917 bits per heavy atom. The van der Waals surface area contributed by atoms with Crippen LogP contribution in [0.4, 0.5) is 0 Å². The standard InChI is InChI=1S/C30H36O6/c31-25(13-7-10-20-8-3-1-4-9-20)29-24(18-28(33)34)26(32)19-27(29)36-30(35)23-16-14-22(15-17-23)21-11-5-2-6-12-21/h2,5-6,11-17,20,24,26-27,29,31-32H,1,3-4,7-10,18-19H2,(H,33,34)/t24-,26-,27-,29-/m0/s1. The third-order valence-corrected chi connectivity index (χ3v) is 7.72. The number of aliphatic carboxylic acids is 1. The lowest BCUT2D eigenvalue weighted by Gasteiger charge is -2.25. The summed E-state index contributed by atoms with van der Waals surface area (Å²) >= 11 is 0. The van der Waals surface area contributed by atoms with Crippen molar-refractivity contribution in [3.8, 4) is 11.1 Å². The molecule has 2 aromatic rings. The molecule has 0 aliphatic heterocycles. The van der Waals surface area contributed by atoms with Crippen LogP contribution in [0, 0.1) is 17.8 Å². The maximum absolute atomic E-state index is 13.0. The van der Waals surface area contributed by atoms with E-state index in [9.17, 15) is 24.9 Å². The topological polar surface area (TPSA) is 104 Å². The van der Waals surface area contributed by atoms with Gasteiger partial charge in [-0.25, -0.2) is 4.79 Å². The molecule has 4 atom stereocenters. The Hall–Kier alpha value is -3.12. The van der Waals surface area contributed by atoms with E-state index in [0.29, 0.717) is 17.9 Å². The van der Waals surface area contributed by atoms with Crippen LogP contribution in [0.5, 0.6) is 0 Å². The minimum Gasteiger partial charge on any atom is -0.512 e. The van der Waals surface area contributed by atoms with Crippen LogP contribution in [0.15, 0.2) is 66.4 Å². The number of carboxylic acids is 1. The second-order valence-electron chi connectivity index (χ2n) is 10.2. The van der Waals surface area contributed by atoms with Crippen molar-refractivity contribution in [2.75, 3.05) is 0 Å². The quantitative estimate of drug-likeness (QED) is 0.286. The zero-order valence-corrected chi connectivity index (χ0v) is 20.6.